The molecule has 0 saturated heterocycles. The van der Waals surface area contributed by atoms with Gasteiger partial charge in [0, 0.05) is 12.1 Å². The molecule has 1 N–H and O–H groups in total. The van der Waals surface area contributed by atoms with Crippen molar-refractivity contribution in [3.05, 3.63) is 42.5 Å². The first-order valence-electron chi connectivity index (χ1n) is 6.34. The largest absolute Gasteiger partial charge is 0.326 e. The second kappa shape index (κ2) is 4.36. The molecule has 3 rings (SSSR count). The molecule has 3 atom stereocenters. The van der Waals surface area contributed by atoms with Crippen molar-refractivity contribution in [3.8, 4) is 0 Å². The number of para-hydroxylation sites is 1. The second-order valence-corrected chi connectivity index (χ2v) is 5.16. The Hall–Kier alpha value is -1.57. The topological polar surface area (TPSA) is 29.1 Å². The van der Waals surface area contributed by atoms with Gasteiger partial charge in [-0.2, -0.15) is 0 Å². The van der Waals surface area contributed by atoms with Crippen LogP contribution in [0.3, 0.4) is 0 Å². The Balaban J connectivity index is 1.56. The summed E-state index contributed by atoms with van der Waals surface area (Å²) in [6.45, 7) is 0. The molecule has 1 aromatic rings. The summed E-state index contributed by atoms with van der Waals surface area (Å²) in [5.74, 6) is 2.12. The summed E-state index contributed by atoms with van der Waals surface area (Å²) < 4.78 is 0. The SMILES string of the molecule is O=C(CC1CC2C=CC1C2)Nc1ccccc1. The van der Waals surface area contributed by atoms with E-state index < -0.39 is 0 Å². The van der Waals surface area contributed by atoms with Gasteiger partial charge in [-0.25, -0.2) is 0 Å². The molecule has 88 valence electrons. The lowest BCUT2D eigenvalue weighted by molar-refractivity contribution is -0.117. The number of rotatable bonds is 3. The van der Waals surface area contributed by atoms with E-state index in [1.165, 1.54) is 12.8 Å². The van der Waals surface area contributed by atoms with E-state index >= 15 is 0 Å². The Bertz CT molecular complexity index is 437. The second-order valence-electron chi connectivity index (χ2n) is 5.16. The molecule has 2 nitrogen and oxygen atoms in total. The van der Waals surface area contributed by atoms with Crippen LogP contribution in [0.1, 0.15) is 19.3 Å². The lowest BCUT2D eigenvalue weighted by Gasteiger charge is -2.17. The smallest absolute Gasteiger partial charge is 0.224 e. The van der Waals surface area contributed by atoms with Crippen LogP contribution in [0, 0.1) is 17.8 Å². The lowest BCUT2D eigenvalue weighted by atomic mass is 9.90. The normalized spacial score (nSPS) is 29.5. The van der Waals surface area contributed by atoms with E-state index in [2.05, 4.69) is 17.5 Å². The van der Waals surface area contributed by atoms with E-state index in [1.54, 1.807) is 0 Å². The Kier molecular flexibility index (Phi) is 2.71. The molecule has 1 fully saturated rings. The van der Waals surface area contributed by atoms with Gasteiger partial charge < -0.3 is 5.32 Å². The van der Waals surface area contributed by atoms with Gasteiger partial charge in [0.1, 0.15) is 0 Å². The van der Waals surface area contributed by atoms with E-state index in [4.69, 9.17) is 0 Å². The Labute approximate surface area is 102 Å². The Morgan fingerprint density at radius 1 is 1.18 bits per heavy atom. The van der Waals surface area contributed by atoms with Crippen molar-refractivity contribution < 1.29 is 4.79 Å². The first kappa shape index (κ1) is 10.6. The molecule has 2 aliphatic rings. The van der Waals surface area contributed by atoms with Crippen molar-refractivity contribution in [2.45, 2.75) is 19.3 Å². The third-order valence-corrected chi connectivity index (χ3v) is 3.92. The van der Waals surface area contributed by atoms with Gasteiger partial charge in [0.25, 0.3) is 0 Å². The summed E-state index contributed by atoms with van der Waals surface area (Å²) in [6.07, 6.45) is 7.75. The first-order valence-corrected chi connectivity index (χ1v) is 6.34. The zero-order chi connectivity index (χ0) is 11.7. The Morgan fingerprint density at radius 2 is 2.00 bits per heavy atom. The highest BCUT2D eigenvalue weighted by molar-refractivity contribution is 5.90. The summed E-state index contributed by atoms with van der Waals surface area (Å²) in [6, 6.07) is 9.69. The number of fused-ring (bicyclic) bond motifs is 2. The molecule has 17 heavy (non-hydrogen) atoms. The minimum Gasteiger partial charge on any atom is -0.326 e. The minimum atomic E-state index is 0.155. The van der Waals surface area contributed by atoms with Crippen LogP contribution in [0.5, 0.6) is 0 Å². The van der Waals surface area contributed by atoms with Crippen molar-refractivity contribution in [3.63, 3.8) is 0 Å². The summed E-state index contributed by atoms with van der Waals surface area (Å²) in [7, 11) is 0. The number of hydrogen-bond donors (Lipinski definition) is 1. The van der Waals surface area contributed by atoms with Crippen molar-refractivity contribution in [1.29, 1.82) is 0 Å². The number of carbonyl (C=O) groups is 1. The van der Waals surface area contributed by atoms with Gasteiger partial charge in [-0.3, -0.25) is 4.79 Å². The molecule has 2 heteroatoms. The monoisotopic (exact) mass is 227 g/mol. The molecule has 0 spiro atoms. The number of anilines is 1. The van der Waals surface area contributed by atoms with Crippen LogP contribution < -0.4 is 5.32 Å². The average molecular weight is 227 g/mol. The molecule has 0 aliphatic heterocycles. The fraction of sp³-hybridized carbons (Fsp3) is 0.400. The van der Waals surface area contributed by atoms with E-state index in [0.29, 0.717) is 18.3 Å². The number of carbonyl (C=O) groups excluding carboxylic acids is 1. The van der Waals surface area contributed by atoms with Crippen LogP contribution in [0.4, 0.5) is 5.69 Å². The van der Waals surface area contributed by atoms with Crippen molar-refractivity contribution in [2.24, 2.45) is 17.8 Å². The van der Waals surface area contributed by atoms with Gasteiger partial charge in [0.2, 0.25) is 5.91 Å². The van der Waals surface area contributed by atoms with Crippen LogP contribution in [0.25, 0.3) is 0 Å². The molecule has 1 saturated carbocycles. The summed E-state index contributed by atoms with van der Waals surface area (Å²) >= 11 is 0. The van der Waals surface area contributed by atoms with Gasteiger partial charge >= 0.3 is 0 Å². The van der Waals surface area contributed by atoms with Crippen molar-refractivity contribution in [2.75, 3.05) is 5.32 Å². The highest BCUT2D eigenvalue weighted by Crippen LogP contribution is 2.44. The lowest BCUT2D eigenvalue weighted by Crippen LogP contribution is -2.18. The molecule has 0 aromatic heterocycles. The maximum absolute atomic E-state index is 11.9. The molecule has 3 unspecified atom stereocenters. The molecule has 1 aromatic carbocycles. The summed E-state index contributed by atoms with van der Waals surface area (Å²) in [4.78, 5) is 11.9. The predicted molar refractivity (Wildman–Crippen MR) is 68.5 cm³/mol. The van der Waals surface area contributed by atoms with E-state index in [-0.39, 0.29) is 5.91 Å². The summed E-state index contributed by atoms with van der Waals surface area (Å²) in [5.41, 5.74) is 0.899. The van der Waals surface area contributed by atoms with Crippen LogP contribution >= 0.6 is 0 Å². The average Bonchev–Trinajstić information content (AvgIpc) is 2.92. The van der Waals surface area contributed by atoms with Gasteiger partial charge in [-0.05, 0) is 42.7 Å². The van der Waals surface area contributed by atoms with E-state index in [0.717, 1.165) is 11.6 Å². The highest BCUT2D eigenvalue weighted by atomic mass is 16.1. The maximum Gasteiger partial charge on any atom is 0.224 e. The third-order valence-electron chi connectivity index (χ3n) is 3.92. The van der Waals surface area contributed by atoms with Crippen LogP contribution in [0.2, 0.25) is 0 Å². The highest BCUT2D eigenvalue weighted by Gasteiger charge is 2.36. The maximum atomic E-state index is 11.9. The molecule has 2 bridgehead atoms. The first-order chi connectivity index (χ1) is 8.31. The van der Waals surface area contributed by atoms with Crippen molar-refractivity contribution in [1.82, 2.24) is 0 Å². The van der Waals surface area contributed by atoms with E-state index in [9.17, 15) is 4.79 Å². The number of amides is 1. The predicted octanol–water partition coefficient (Wildman–Crippen LogP) is 3.23. The molecule has 1 amide bonds. The molecule has 2 aliphatic carbocycles. The van der Waals surface area contributed by atoms with Gasteiger partial charge in [0.15, 0.2) is 0 Å². The molecular weight excluding hydrogens is 210 g/mol. The number of allylic oxidation sites excluding steroid dienone is 2. The van der Waals surface area contributed by atoms with E-state index in [1.807, 2.05) is 30.3 Å². The zero-order valence-electron chi connectivity index (χ0n) is 9.80. The van der Waals surface area contributed by atoms with Gasteiger partial charge in [-0.15, -0.1) is 0 Å². The summed E-state index contributed by atoms with van der Waals surface area (Å²) in [5, 5.41) is 2.97. The fourth-order valence-electron chi connectivity index (χ4n) is 3.10. The number of hydrogen-bond acceptors (Lipinski definition) is 1. The fourth-order valence-corrected chi connectivity index (χ4v) is 3.10. The van der Waals surface area contributed by atoms with Crippen LogP contribution in [-0.2, 0) is 4.79 Å². The van der Waals surface area contributed by atoms with Crippen LogP contribution in [-0.4, -0.2) is 5.91 Å². The minimum absolute atomic E-state index is 0.155. The number of nitrogens with one attached hydrogen (secondary N) is 1. The van der Waals surface area contributed by atoms with Gasteiger partial charge in [-0.1, -0.05) is 30.4 Å². The Morgan fingerprint density at radius 3 is 2.65 bits per heavy atom. The number of benzene rings is 1. The molecular formula is C15H17NO. The molecule has 0 heterocycles. The quantitative estimate of drug-likeness (QED) is 0.789. The standard InChI is InChI=1S/C15H17NO/c17-15(16-14-4-2-1-3-5-14)10-13-9-11-6-7-12(13)8-11/h1-7,11-13H,8-10H2,(H,16,17). The van der Waals surface area contributed by atoms with Crippen molar-refractivity contribution >= 4 is 11.6 Å². The molecule has 0 radical (unpaired) electrons. The third kappa shape index (κ3) is 2.26. The van der Waals surface area contributed by atoms with Crippen LogP contribution in [0.15, 0.2) is 42.5 Å². The van der Waals surface area contributed by atoms with Gasteiger partial charge in [0.05, 0.1) is 0 Å². The zero-order valence-corrected chi connectivity index (χ0v) is 9.80.